The van der Waals surface area contributed by atoms with Gasteiger partial charge in [-0.25, -0.2) is 4.99 Å². The number of rotatable bonds is 12. The summed E-state index contributed by atoms with van der Waals surface area (Å²) < 4.78 is 5.80. The number of unbranched alkanes of at least 4 members (excludes halogenated alkanes) is 2. The molecule has 0 spiro atoms. The van der Waals surface area contributed by atoms with Gasteiger partial charge >= 0.3 is 0 Å². The molecule has 0 radical (unpaired) electrons. The topological polar surface area (TPSA) is 97.6 Å². The summed E-state index contributed by atoms with van der Waals surface area (Å²) in [4.78, 5) is 22.2. The molecule has 1 unspecified atom stereocenters. The Kier molecular flexibility index (Phi) is 13.7. The number of carbonyl (C=O) groups is 1. The van der Waals surface area contributed by atoms with Gasteiger partial charge < -0.3 is 30.1 Å². The molecule has 0 bridgehead atoms. The lowest BCUT2D eigenvalue weighted by molar-refractivity contribution is -0.123. The first-order chi connectivity index (χ1) is 17.5. The molecule has 8 heteroatoms. The normalized spacial score (nSPS) is 18.7. The molecule has 1 aromatic carbocycles. The molecule has 2 aliphatic heterocycles. The van der Waals surface area contributed by atoms with Gasteiger partial charge in [-0.15, -0.1) is 0 Å². The Morgan fingerprint density at radius 2 is 1.86 bits per heavy atom. The van der Waals surface area contributed by atoms with Crippen molar-refractivity contribution in [3.63, 3.8) is 0 Å². The first kappa shape index (κ1) is 30.0. The van der Waals surface area contributed by atoms with Crippen LogP contribution in [0.5, 0.6) is 0 Å². The lowest BCUT2D eigenvalue weighted by Gasteiger charge is -2.35. The highest BCUT2D eigenvalue weighted by molar-refractivity contribution is 5.93. The number of piperidine rings is 1. The van der Waals surface area contributed by atoms with Gasteiger partial charge in [-0.05, 0) is 51.3 Å². The van der Waals surface area contributed by atoms with Gasteiger partial charge in [0.05, 0.1) is 5.70 Å². The molecule has 3 rings (SSSR count). The summed E-state index contributed by atoms with van der Waals surface area (Å²) in [5.74, 6) is 1.33. The summed E-state index contributed by atoms with van der Waals surface area (Å²) >= 11 is 0. The van der Waals surface area contributed by atoms with Crippen LogP contribution in [-0.4, -0.2) is 91.5 Å². The Balaban J connectivity index is 0.00000222. The standard InChI is InChI=1S/C27H42N4O3.CH4O/c1-4-5-6-7-25-29-24(23-10-8-21(2)9-11-23)18-27(34-3)31(25)19-26(33)28-14-17-30-15-12-22(20-32)13-16-30;1-2/h8-11,18,22,27,32H,4-7,12-17,19-20H2,1-3H3,(H,28,33);2H,1H3. The highest BCUT2D eigenvalue weighted by atomic mass is 16.5. The van der Waals surface area contributed by atoms with Crippen LogP contribution in [0.15, 0.2) is 35.3 Å². The minimum atomic E-state index is -0.325. The number of amidine groups is 1. The maximum Gasteiger partial charge on any atom is 0.239 e. The number of aliphatic imine (C=N–C) groups is 1. The molecule has 36 heavy (non-hydrogen) atoms. The number of benzene rings is 1. The molecule has 0 aromatic heterocycles. The fourth-order valence-corrected chi connectivity index (χ4v) is 4.56. The van der Waals surface area contributed by atoms with Crippen molar-refractivity contribution in [2.45, 2.75) is 58.6 Å². The quantitative estimate of drug-likeness (QED) is 0.380. The predicted octanol–water partition coefficient (Wildman–Crippen LogP) is 3.03. The highest BCUT2D eigenvalue weighted by Crippen LogP contribution is 2.26. The van der Waals surface area contributed by atoms with Crippen LogP contribution >= 0.6 is 0 Å². The molecule has 1 amide bonds. The van der Waals surface area contributed by atoms with E-state index in [0.717, 1.165) is 82.4 Å². The van der Waals surface area contributed by atoms with Crippen LogP contribution in [0.25, 0.3) is 5.70 Å². The molecule has 1 saturated heterocycles. The van der Waals surface area contributed by atoms with Crippen molar-refractivity contribution in [1.82, 2.24) is 15.1 Å². The number of carbonyl (C=O) groups excluding carboxylic acids is 1. The van der Waals surface area contributed by atoms with E-state index >= 15 is 0 Å². The van der Waals surface area contributed by atoms with Gasteiger partial charge in [0.25, 0.3) is 0 Å². The average molecular weight is 503 g/mol. The SMILES string of the molecule is CCCCCC1=NC(c2ccc(C)cc2)=CC(OC)N1CC(=O)NCCN1CCC(CO)CC1.CO. The zero-order chi connectivity index (χ0) is 26.3. The van der Waals surface area contributed by atoms with Crippen LogP contribution in [0.1, 0.15) is 56.6 Å². The molecular weight excluding hydrogens is 456 g/mol. The molecule has 202 valence electrons. The Morgan fingerprint density at radius 3 is 2.47 bits per heavy atom. The molecule has 1 aromatic rings. The minimum absolute atomic E-state index is 0.0114. The Labute approximate surface area is 217 Å². The molecule has 1 fully saturated rings. The summed E-state index contributed by atoms with van der Waals surface area (Å²) in [5.41, 5.74) is 3.18. The van der Waals surface area contributed by atoms with Crippen molar-refractivity contribution < 1.29 is 19.7 Å². The van der Waals surface area contributed by atoms with Crippen molar-refractivity contribution in [3.8, 4) is 0 Å². The van der Waals surface area contributed by atoms with Crippen LogP contribution in [-0.2, 0) is 9.53 Å². The van der Waals surface area contributed by atoms with Gasteiger partial charge in [0.2, 0.25) is 5.91 Å². The number of nitrogens with zero attached hydrogens (tertiary/aromatic N) is 3. The largest absolute Gasteiger partial charge is 0.400 e. The molecule has 3 N–H and O–H groups in total. The molecule has 0 saturated carbocycles. The monoisotopic (exact) mass is 502 g/mol. The van der Waals surface area contributed by atoms with Crippen LogP contribution in [0.2, 0.25) is 0 Å². The smallest absolute Gasteiger partial charge is 0.239 e. The van der Waals surface area contributed by atoms with Gasteiger partial charge in [-0.3, -0.25) is 4.79 Å². The Morgan fingerprint density at radius 1 is 1.17 bits per heavy atom. The zero-order valence-corrected chi connectivity index (χ0v) is 22.6. The van der Waals surface area contributed by atoms with Crippen molar-refractivity contribution >= 4 is 17.4 Å². The third-order valence-corrected chi connectivity index (χ3v) is 6.81. The van der Waals surface area contributed by atoms with E-state index in [2.05, 4.69) is 48.3 Å². The number of ether oxygens (including phenoxy) is 1. The number of aryl methyl sites for hydroxylation is 1. The molecule has 2 heterocycles. The van der Waals surface area contributed by atoms with Crippen LogP contribution in [0.4, 0.5) is 0 Å². The lowest BCUT2D eigenvalue weighted by Crippen LogP contribution is -2.49. The first-order valence-corrected chi connectivity index (χ1v) is 13.2. The molecular formula is C28H46N4O4. The summed E-state index contributed by atoms with van der Waals surface area (Å²) in [6.45, 7) is 8.22. The number of methoxy groups -OCH3 is 1. The van der Waals surface area contributed by atoms with Gasteiger partial charge in [-0.2, -0.15) is 0 Å². The van der Waals surface area contributed by atoms with E-state index in [1.54, 1.807) is 7.11 Å². The second kappa shape index (κ2) is 16.5. The summed E-state index contributed by atoms with van der Waals surface area (Å²) in [7, 11) is 2.68. The van der Waals surface area contributed by atoms with E-state index in [0.29, 0.717) is 12.5 Å². The summed E-state index contributed by atoms with van der Waals surface area (Å²) in [5, 5.41) is 19.4. The van der Waals surface area contributed by atoms with Crippen molar-refractivity contribution in [3.05, 3.63) is 41.5 Å². The second-order valence-corrected chi connectivity index (χ2v) is 9.47. The molecule has 1 atom stereocenters. The second-order valence-electron chi connectivity index (χ2n) is 9.47. The van der Waals surface area contributed by atoms with Crippen LogP contribution in [0.3, 0.4) is 0 Å². The number of likely N-dealkylation sites (tertiary alicyclic amines) is 1. The van der Waals surface area contributed by atoms with Gasteiger partial charge in [0.1, 0.15) is 12.4 Å². The zero-order valence-electron chi connectivity index (χ0n) is 22.6. The molecule has 2 aliphatic rings. The van der Waals surface area contributed by atoms with E-state index in [4.69, 9.17) is 14.8 Å². The Bertz CT molecular complexity index is 832. The van der Waals surface area contributed by atoms with E-state index in [1.807, 2.05) is 11.0 Å². The van der Waals surface area contributed by atoms with E-state index in [9.17, 15) is 9.90 Å². The van der Waals surface area contributed by atoms with Crippen molar-refractivity contribution in [2.75, 3.05) is 53.6 Å². The predicted molar refractivity (Wildman–Crippen MR) is 146 cm³/mol. The Hall–Kier alpha value is -2.26. The van der Waals surface area contributed by atoms with Gasteiger partial charge in [-0.1, -0.05) is 49.6 Å². The minimum Gasteiger partial charge on any atom is -0.400 e. The molecule has 0 aliphatic carbocycles. The number of amides is 1. The fraction of sp³-hybridized carbons (Fsp3) is 0.643. The van der Waals surface area contributed by atoms with Crippen molar-refractivity contribution in [1.29, 1.82) is 0 Å². The highest BCUT2D eigenvalue weighted by Gasteiger charge is 2.27. The summed E-state index contributed by atoms with van der Waals surface area (Å²) in [6.07, 6.45) is 7.87. The average Bonchev–Trinajstić information content (AvgIpc) is 2.91. The van der Waals surface area contributed by atoms with E-state index < -0.39 is 0 Å². The van der Waals surface area contributed by atoms with Crippen LogP contribution < -0.4 is 5.32 Å². The van der Waals surface area contributed by atoms with Crippen molar-refractivity contribution in [2.24, 2.45) is 10.9 Å². The van der Waals surface area contributed by atoms with Crippen LogP contribution in [0, 0.1) is 12.8 Å². The number of hydrogen-bond donors (Lipinski definition) is 3. The van der Waals surface area contributed by atoms with Gasteiger partial charge in [0.15, 0.2) is 6.23 Å². The van der Waals surface area contributed by atoms with Gasteiger partial charge in [0, 0.05) is 45.9 Å². The van der Waals surface area contributed by atoms with E-state index in [-0.39, 0.29) is 25.3 Å². The number of aliphatic hydroxyl groups is 2. The number of nitrogens with one attached hydrogen (secondary N) is 1. The molecule has 8 nitrogen and oxygen atoms in total. The number of aliphatic hydroxyl groups excluding tert-OH is 2. The maximum atomic E-state index is 12.8. The summed E-state index contributed by atoms with van der Waals surface area (Å²) in [6, 6.07) is 8.37. The third-order valence-electron chi connectivity index (χ3n) is 6.81. The third kappa shape index (κ3) is 9.32. The number of hydrogen-bond acceptors (Lipinski definition) is 7. The van der Waals surface area contributed by atoms with E-state index in [1.165, 1.54) is 5.56 Å². The fourth-order valence-electron chi connectivity index (χ4n) is 4.56. The lowest BCUT2D eigenvalue weighted by atomic mass is 9.98. The maximum absolute atomic E-state index is 12.8. The first-order valence-electron chi connectivity index (χ1n) is 13.2.